The van der Waals surface area contributed by atoms with Gasteiger partial charge in [-0.2, -0.15) is 5.10 Å². The summed E-state index contributed by atoms with van der Waals surface area (Å²) in [4.78, 5) is 4.27. The van der Waals surface area contributed by atoms with Crippen molar-refractivity contribution < 1.29 is 8.42 Å². The highest BCUT2D eigenvalue weighted by molar-refractivity contribution is 7.91. The molecule has 1 fully saturated rings. The SMILES string of the molecule is Cc1ncccc1-c1nn(C2CCS(=O)(=O)C2)c(N)c1C. The van der Waals surface area contributed by atoms with Crippen LogP contribution in [-0.2, 0) is 9.84 Å². The summed E-state index contributed by atoms with van der Waals surface area (Å²) in [6, 6.07) is 3.64. The molecule has 0 aliphatic carbocycles. The van der Waals surface area contributed by atoms with Gasteiger partial charge in [-0.15, -0.1) is 0 Å². The topological polar surface area (TPSA) is 90.9 Å². The van der Waals surface area contributed by atoms with E-state index in [9.17, 15) is 8.42 Å². The minimum atomic E-state index is -2.97. The molecule has 1 aliphatic rings. The maximum atomic E-state index is 11.6. The van der Waals surface area contributed by atoms with E-state index in [-0.39, 0.29) is 17.5 Å². The van der Waals surface area contributed by atoms with E-state index in [4.69, 9.17) is 5.73 Å². The maximum Gasteiger partial charge on any atom is 0.152 e. The second-order valence-electron chi connectivity index (χ2n) is 5.50. The molecule has 21 heavy (non-hydrogen) atoms. The van der Waals surface area contributed by atoms with Crippen LogP contribution >= 0.6 is 0 Å². The molecule has 2 aromatic rings. The highest BCUT2D eigenvalue weighted by atomic mass is 32.2. The van der Waals surface area contributed by atoms with Crippen molar-refractivity contribution in [3.63, 3.8) is 0 Å². The Morgan fingerprint density at radius 3 is 2.76 bits per heavy atom. The van der Waals surface area contributed by atoms with Gasteiger partial charge in [0.15, 0.2) is 9.84 Å². The van der Waals surface area contributed by atoms with Crippen molar-refractivity contribution in [3.8, 4) is 11.3 Å². The lowest BCUT2D eigenvalue weighted by Crippen LogP contribution is -2.14. The molecule has 1 unspecified atom stereocenters. The first-order valence-electron chi connectivity index (χ1n) is 6.86. The lowest BCUT2D eigenvalue weighted by atomic mass is 10.1. The van der Waals surface area contributed by atoms with Crippen molar-refractivity contribution in [2.24, 2.45) is 0 Å². The van der Waals surface area contributed by atoms with Crippen LogP contribution in [0.3, 0.4) is 0 Å². The van der Waals surface area contributed by atoms with Gasteiger partial charge in [-0.05, 0) is 32.4 Å². The number of nitrogens with two attached hydrogens (primary N) is 1. The number of hydrogen-bond acceptors (Lipinski definition) is 5. The lowest BCUT2D eigenvalue weighted by molar-refractivity contribution is 0.508. The van der Waals surface area contributed by atoms with E-state index in [0.29, 0.717) is 12.2 Å². The Hall–Kier alpha value is -1.89. The van der Waals surface area contributed by atoms with E-state index in [1.165, 1.54) is 0 Å². The van der Waals surface area contributed by atoms with E-state index in [1.54, 1.807) is 10.9 Å². The molecule has 7 heteroatoms. The highest BCUT2D eigenvalue weighted by Crippen LogP contribution is 2.32. The predicted octanol–water partition coefficient (Wildman–Crippen LogP) is 1.50. The normalized spacial score (nSPS) is 20.8. The zero-order valence-corrected chi connectivity index (χ0v) is 12.9. The number of aromatic nitrogens is 3. The van der Waals surface area contributed by atoms with Crippen LogP contribution in [0.15, 0.2) is 18.3 Å². The van der Waals surface area contributed by atoms with Crippen molar-refractivity contribution in [1.82, 2.24) is 14.8 Å². The van der Waals surface area contributed by atoms with E-state index >= 15 is 0 Å². The largest absolute Gasteiger partial charge is 0.384 e. The second kappa shape index (κ2) is 4.84. The van der Waals surface area contributed by atoms with Gasteiger partial charge in [0.2, 0.25) is 0 Å². The van der Waals surface area contributed by atoms with E-state index in [2.05, 4.69) is 10.1 Å². The van der Waals surface area contributed by atoms with Crippen LogP contribution in [0, 0.1) is 13.8 Å². The fourth-order valence-electron chi connectivity index (χ4n) is 2.77. The fourth-order valence-corrected chi connectivity index (χ4v) is 4.46. The summed E-state index contributed by atoms with van der Waals surface area (Å²) in [6.07, 6.45) is 2.30. The molecule has 6 nitrogen and oxygen atoms in total. The average molecular weight is 306 g/mol. The molecule has 1 saturated heterocycles. The summed E-state index contributed by atoms with van der Waals surface area (Å²) in [5, 5.41) is 4.58. The lowest BCUT2D eigenvalue weighted by Gasteiger charge is -2.10. The molecule has 112 valence electrons. The summed E-state index contributed by atoms with van der Waals surface area (Å²) in [6.45, 7) is 3.83. The third kappa shape index (κ3) is 2.42. The number of anilines is 1. The summed E-state index contributed by atoms with van der Waals surface area (Å²) in [7, 11) is -2.97. The minimum Gasteiger partial charge on any atom is -0.384 e. The van der Waals surface area contributed by atoms with Gasteiger partial charge in [0.05, 0.1) is 23.2 Å². The molecular weight excluding hydrogens is 288 g/mol. The molecule has 0 amide bonds. The van der Waals surface area contributed by atoms with Gasteiger partial charge >= 0.3 is 0 Å². The minimum absolute atomic E-state index is 0.115. The Labute approximate surface area is 123 Å². The molecule has 1 aliphatic heterocycles. The Bertz CT molecular complexity index is 795. The third-order valence-corrected chi connectivity index (χ3v) is 5.76. The smallest absolute Gasteiger partial charge is 0.152 e. The molecule has 0 bridgehead atoms. The number of pyridine rings is 1. The first kappa shape index (κ1) is 14.1. The Kier molecular flexibility index (Phi) is 3.24. The first-order valence-corrected chi connectivity index (χ1v) is 8.68. The molecular formula is C14H18N4O2S. The van der Waals surface area contributed by atoms with Crippen LogP contribution in [0.1, 0.15) is 23.7 Å². The van der Waals surface area contributed by atoms with Gasteiger partial charge in [-0.25, -0.2) is 13.1 Å². The predicted molar refractivity (Wildman–Crippen MR) is 81.7 cm³/mol. The first-order chi connectivity index (χ1) is 9.89. The van der Waals surface area contributed by atoms with Gasteiger partial charge in [-0.1, -0.05) is 0 Å². The molecule has 3 heterocycles. The van der Waals surface area contributed by atoms with Gasteiger partial charge in [0.25, 0.3) is 0 Å². The number of hydrogen-bond donors (Lipinski definition) is 1. The Morgan fingerprint density at radius 1 is 1.38 bits per heavy atom. The van der Waals surface area contributed by atoms with E-state index < -0.39 is 9.84 Å². The number of nitrogen functional groups attached to an aromatic ring is 1. The third-order valence-electron chi connectivity index (χ3n) is 4.01. The van der Waals surface area contributed by atoms with E-state index in [1.807, 2.05) is 26.0 Å². The van der Waals surface area contributed by atoms with Gasteiger partial charge < -0.3 is 5.73 Å². The van der Waals surface area contributed by atoms with Crippen molar-refractivity contribution >= 4 is 15.7 Å². The highest BCUT2D eigenvalue weighted by Gasteiger charge is 2.32. The number of nitrogens with zero attached hydrogens (tertiary/aromatic N) is 3. The molecule has 0 aromatic carbocycles. The summed E-state index contributed by atoms with van der Waals surface area (Å²) < 4.78 is 25.0. The quantitative estimate of drug-likeness (QED) is 0.908. The standard InChI is InChI=1S/C14H18N4O2S/c1-9-13(12-4-3-6-16-10(12)2)17-18(14(9)15)11-5-7-21(19,20)8-11/h3-4,6,11H,5,7-8,15H2,1-2H3. The zero-order valence-electron chi connectivity index (χ0n) is 12.1. The monoisotopic (exact) mass is 306 g/mol. The van der Waals surface area contributed by atoms with Crippen LogP contribution in [-0.4, -0.2) is 34.7 Å². The second-order valence-corrected chi connectivity index (χ2v) is 7.73. The summed E-state index contributed by atoms with van der Waals surface area (Å²) >= 11 is 0. The van der Waals surface area contributed by atoms with Crippen molar-refractivity contribution in [2.45, 2.75) is 26.3 Å². The zero-order chi connectivity index (χ0) is 15.2. The van der Waals surface area contributed by atoms with Crippen molar-refractivity contribution in [1.29, 1.82) is 0 Å². The Morgan fingerprint density at radius 2 is 2.14 bits per heavy atom. The van der Waals surface area contributed by atoms with Gasteiger partial charge in [0.1, 0.15) is 5.82 Å². The van der Waals surface area contributed by atoms with Crippen LogP contribution < -0.4 is 5.73 Å². The number of aryl methyl sites for hydroxylation is 1. The van der Waals surface area contributed by atoms with E-state index in [0.717, 1.165) is 22.5 Å². The molecule has 2 N–H and O–H groups in total. The molecule has 2 aromatic heterocycles. The molecule has 0 radical (unpaired) electrons. The van der Waals surface area contributed by atoms with Crippen LogP contribution in [0.4, 0.5) is 5.82 Å². The maximum absolute atomic E-state index is 11.6. The summed E-state index contributed by atoms with van der Waals surface area (Å²) in [5.41, 5.74) is 9.61. The van der Waals surface area contributed by atoms with Crippen molar-refractivity contribution in [2.75, 3.05) is 17.2 Å². The number of sulfone groups is 1. The average Bonchev–Trinajstić information content (AvgIpc) is 2.93. The molecule has 3 rings (SSSR count). The molecule has 1 atom stereocenters. The Balaban J connectivity index is 2.07. The van der Waals surface area contributed by atoms with Gasteiger partial charge in [0, 0.05) is 23.0 Å². The van der Waals surface area contributed by atoms with Crippen LogP contribution in [0.5, 0.6) is 0 Å². The fraction of sp³-hybridized carbons (Fsp3) is 0.429. The van der Waals surface area contributed by atoms with Gasteiger partial charge in [-0.3, -0.25) is 4.98 Å². The molecule has 0 saturated carbocycles. The van der Waals surface area contributed by atoms with Crippen LogP contribution in [0.25, 0.3) is 11.3 Å². The van der Waals surface area contributed by atoms with Crippen molar-refractivity contribution in [3.05, 3.63) is 29.6 Å². The summed E-state index contributed by atoms with van der Waals surface area (Å²) in [5.74, 6) is 0.858. The van der Waals surface area contributed by atoms with Crippen LogP contribution in [0.2, 0.25) is 0 Å². The molecule has 0 spiro atoms. The number of rotatable bonds is 2.